The molecular weight excluding hydrogens is 302 g/mol. The first kappa shape index (κ1) is 17.0. The van der Waals surface area contributed by atoms with E-state index in [0.717, 1.165) is 19.3 Å². The number of ketones is 1. The van der Waals surface area contributed by atoms with Crippen LogP contribution in [0.4, 0.5) is 4.79 Å². The molecule has 1 aliphatic heterocycles. The van der Waals surface area contributed by atoms with Gasteiger partial charge >= 0.3 is 6.09 Å². The van der Waals surface area contributed by atoms with Crippen LogP contribution in [-0.2, 0) is 35.2 Å². The second-order valence-corrected chi connectivity index (χ2v) is 7.96. The largest absolute Gasteiger partial charge is 0.444 e. The zero-order valence-corrected chi connectivity index (χ0v) is 15.2. The normalized spacial score (nSPS) is 17.8. The maximum atomic E-state index is 12.4. The van der Waals surface area contributed by atoms with Gasteiger partial charge in [-0.25, -0.2) is 4.79 Å². The van der Waals surface area contributed by atoms with Crippen molar-refractivity contribution in [1.29, 1.82) is 0 Å². The Bertz CT molecular complexity index is 685. The molecule has 24 heavy (non-hydrogen) atoms. The monoisotopic (exact) mass is 329 g/mol. The Morgan fingerprint density at radius 2 is 1.71 bits per heavy atom. The zero-order chi connectivity index (χ0) is 17.5. The fraction of sp³-hybridized carbons (Fsp3) is 0.600. The van der Waals surface area contributed by atoms with Gasteiger partial charge in [0, 0.05) is 25.9 Å². The lowest BCUT2D eigenvalue weighted by molar-refractivity contribution is -0.118. The highest BCUT2D eigenvalue weighted by Crippen LogP contribution is 2.30. The third-order valence-corrected chi connectivity index (χ3v) is 5.01. The van der Waals surface area contributed by atoms with Crippen LogP contribution in [0.2, 0.25) is 0 Å². The SMILES string of the molecule is Cc1c2c(cc3c1CC(=O)CC3)CCN(C(=O)OC(C)(C)C)CC2. The van der Waals surface area contributed by atoms with E-state index in [9.17, 15) is 9.59 Å². The number of hydrogen-bond donors (Lipinski definition) is 0. The van der Waals surface area contributed by atoms with Gasteiger partial charge in [0.2, 0.25) is 0 Å². The van der Waals surface area contributed by atoms with Crippen LogP contribution in [0.3, 0.4) is 0 Å². The molecule has 0 unspecified atom stereocenters. The molecule has 4 nitrogen and oxygen atoms in total. The molecule has 130 valence electrons. The highest BCUT2D eigenvalue weighted by Gasteiger charge is 2.27. The van der Waals surface area contributed by atoms with Crippen molar-refractivity contribution in [3.63, 3.8) is 0 Å². The van der Waals surface area contributed by atoms with Crippen LogP contribution in [-0.4, -0.2) is 35.5 Å². The molecule has 1 aromatic rings. The first-order valence-corrected chi connectivity index (χ1v) is 8.87. The predicted molar refractivity (Wildman–Crippen MR) is 93.4 cm³/mol. The summed E-state index contributed by atoms with van der Waals surface area (Å²) in [5.74, 6) is 0.342. The number of fused-ring (bicyclic) bond motifs is 2. The molecule has 0 saturated heterocycles. The third kappa shape index (κ3) is 3.47. The molecule has 2 aliphatic rings. The molecule has 3 rings (SSSR count). The van der Waals surface area contributed by atoms with Crippen molar-refractivity contribution >= 4 is 11.9 Å². The maximum Gasteiger partial charge on any atom is 0.410 e. The van der Waals surface area contributed by atoms with Crippen LogP contribution in [0.5, 0.6) is 0 Å². The van der Waals surface area contributed by atoms with E-state index in [4.69, 9.17) is 4.74 Å². The first-order chi connectivity index (χ1) is 11.2. The minimum atomic E-state index is -0.467. The van der Waals surface area contributed by atoms with Crippen molar-refractivity contribution in [3.8, 4) is 0 Å². The second-order valence-electron chi connectivity index (χ2n) is 7.96. The van der Waals surface area contributed by atoms with E-state index in [0.29, 0.717) is 31.7 Å². The summed E-state index contributed by atoms with van der Waals surface area (Å²) in [5, 5.41) is 0. The van der Waals surface area contributed by atoms with E-state index >= 15 is 0 Å². The van der Waals surface area contributed by atoms with E-state index in [1.54, 1.807) is 0 Å². The maximum absolute atomic E-state index is 12.4. The Hall–Kier alpha value is -1.84. The van der Waals surface area contributed by atoms with E-state index in [2.05, 4.69) is 13.0 Å². The quantitative estimate of drug-likeness (QED) is 0.733. The molecule has 0 radical (unpaired) electrons. The van der Waals surface area contributed by atoms with Gasteiger partial charge in [0.1, 0.15) is 11.4 Å². The van der Waals surface area contributed by atoms with Gasteiger partial charge in [-0.05, 0) is 74.8 Å². The lowest BCUT2D eigenvalue weighted by Crippen LogP contribution is -2.38. The van der Waals surface area contributed by atoms with Crippen LogP contribution in [0, 0.1) is 6.92 Å². The summed E-state index contributed by atoms with van der Waals surface area (Å²) in [6.07, 6.45) is 3.56. The molecule has 0 saturated carbocycles. The smallest absolute Gasteiger partial charge is 0.410 e. The average molecular weight is 329 g/mol. The van der Waals surface area contributed by atoms with Crippen molar-refractivity contribution in [3.05, 3.63) is 33.9 Å². The number of carbonyl (C=O) groups is 2. The number of hydrogen-bond acceptors (Lipinski definition) is 3. The molecule has 0 bridgehead atoms. The van der Waals surface area contributed by atoms with Gasteiger partial charge in [-0.15, -0.1) is 0 Å². The van der Waals surface area contributed by atoms with Gasteiger partial charge in [-0.2, -0.15) is 0 Å². The summed E-state index contributed by atoms with van der Waals surface area (Å²) >= 11 is 0. The van der Waals surface area contributed by atoms with Crippen LogP contribution in [0.15, 0.2) is 6.07 Å². The van der Waals surface area contributed by atoms with Crippen LogP contribution in [0.1, 0.15) is 55.0 Å². The van der Waals surface area contributed by atoms with Gasteiger partial charge in [0.25, 0.3) is 0 Å². The highest BCUT2D eigenvalue weighted by molar-refractivity contribution is 5.84. The summed E-state index contributed by atoms with van der Waals surface area (Å²) in [6, 6.07) is 2.28. The number of benzene rings is 1. The van der Waals surface area contributed by atoms with Crippen LogP contribution in [0.25, 0.3) is 0 Å². The predicted octanol–water partition coefficient (Wildman–Crippen LogP) is 3.39. The lowest BCUT2D eigenvalue weighted by Gasteiger charge is -2.26. The molecular formula is C20H27NO3. The number of ether oxygens (including phenoxy) is 1. The molecule has 0 atom stereocenters. The number of amides is 1. The molecule has 1 aliphatic carbocycles. The van der Waals surface area contributed by atoms with Crippen molar-refractivity contribution < 1.29 is 14.3 Å². The average Bonchev–Trinajstić information content (AvgIpc) is 2.69. The fourth-order valence-electron chi connectivity index (χ4n) is 3.77. The molecule has 4 heteroatoms. The number of aryl methyl sites for hydroxylation is 1. The van der Waals surface area contributed by atoms with Crippen molar-refractivity contribution in [2.24, 2.45) is 0 Å². The number of rotatable bonds is 0. The van der Waals surface area contributed by atoms with Gasteiger partial charge in [-0.1, -0.05) is 6.07 Å². The molecule has 1 amide bonds. The summed E-state index contributed by atoms with van der Waals surface area (Å²) < 4.78 is 5.52. The second kappa shape index (κ2) is 6.23. The van der Waals surface area contributed by atoms with Gasteiger partial charge in [-0.3, -0.25) is 4.79 Å². The molecule has 0 N–H and O–H groups in total. The van der Waals surface area contributed by atoms with Crippen molar-refractivity contribution in [2.45, 2.75) is 65.4 Å². The molecule has 0 spiro atoms. The van der Waals surface area contributed by atoms with E-state index in [-0.39, 0.29) is 6.09 Å². The van der Waals surface area contributed by atoms with Crippen LogP contribution < -0.4 is 0 Å². The third-order valence-electron chi connectivity index (χ3n) is 5.01. The summed E-state index contributed by atoms with van der Waals surface area (Å²) in [6.45, 7) is 9.19. The van der Waals surface area contributed by atoms with Crippen molar-refractivity contribution in [2.75, 3.05) is 13.1 Å². The molecule has 0 fully saturated rings. The van der Waals surface area contributed by atoms with E-state index in [1.165, 1.54) is 27.8 Å². The van der Waals surface area contributed by atoms with Crippen molar-refractivity contribution in [1.82, 2.24) is 4.90 Å². The Balaban J connectivity index is 1.82. The molecule has 1 aromatic carbocycles. The van der Waals surface area contributed by atoms with E-state index in [1.807, 2.05) is 25.7 Å². The topological polar surface area (TPSA) is 46.6 Å². The molecule has 1 heterocycles. The zero-order valence-electron chi connectivity index (χ0n) is 15.2. The number of carbonyl (C=O) groups excluding carboxylic acids is 2. The Labute approximate surface area is 144 Å². The fourth-order valence-corrected chi connectivity index (χ4v) is 3.77. The summed E-state index contributed by atoms with van der Waals surface area (Å²) in [5.41, 5.74) is 6.03. The highest BCUT2D eigenvalue weighted by atomic mass is 16.6. The van der Waals surface area contributed by atoms with Gasteiger partial charge < -0.3 is 9.64 Å². The van der Waals surface area contributed by atoms with E-state index < -0.39 is 5.60 Å². The Morgan fingerprint density at radius 1 is 1.04 bits per heavy atom. The standard InChI is InChI=1S/C20H27NO3/c1-13-17-8-10-21(19(23)24-20(2,3)4)9-7-15(17)11-14-5-6-16(22)12-18(13)14/h11H,5-10,12H2,1-4H3. The van der Waals surface area contributed by atoms with Crippen LogP contribution >= 0.6 is 0 Å². The Morgan fingerprint density at radius 3 is 2.42 bits per heavy atom. The minimum absolute atomic E-state index is 0.229. The number of Topliss-reactive ketones (excluding diaryl/α,β-unsaturated/α-hetero) is 1. The number of nitrogens with zero attached hydrogens (tertiary/aromatic N) is 1. The van der Waals surface area contributed by atoms with Gasteiger partial charge in [0.05, 0.1) is 0 Å². The molecule has 0 aromatic heterocycles. The summed E-state index contributed by atoms with van der Waals surface area (Å²) in [4.78, 5) is 26.0. The minimum Gasteiger partial charge on any atom is -0.444 e. The van der Waals surface area contributed by atoms with Gasteiger partial charge in [0.15, 0.2) is 0 Å². The Kier molecular flexibility index (Phi) is 4.41. The lowest BCUT2D eigenvalue weighted by atomic mass is 9.82. The first-order valence-electron chi connectivity index (χ1n) is 8.87. The summed E-state index contributed by atoms with van der Waals surface area (Å²) in [7, 11) is 0.